The van der Waals surface area contributed by atoms with E-state index in [1.54, 1.807) is 0 Å². The average molecular weight is 696 g/mol. The zero-order chi connectivity index (χ0) is 36.7. The largest absolute Gasteiger partial charge is 0.454 e. The number of para-hydroxylation sites is 2. The van der Waals surface area contributed by atoms with Gasteiger partial charge in [0.25, 0.3) is 0 Å². The highest BCUT2D eigenvalue weighted by molar-refractivity contribution is 6.10. The molecule has 2 aliphatic carbocycles. The topological polar surface area (TPSA) is 16.4 Å². The molecule has 1 aromatic heterocycles. The summed E-state index contributed by atoms with van der Waals surface area (Å²) >= 11 is 0. The van der Waals surface area contributed by atoms with Crippen LogP contribution in [0.2, 0.25) is 0 Å². The third-order valence-electron chi connectivity index (χ3n) is 12.8. The number of aryl methyl sites for hydroxylation is 2. The summed E-state index contributed by atoms with van der Waals surface area (Å²) in [7, 11) is 0. The number of hydrogen-bond acceptors (Lipinski definition) is 2. The Balaban J connectivity index is 1.09. The summed E-state index contributed by atoms with van der Waals surface area (Å²) in [5.41, 5.74) is 18.5. The minimum atomic E-state index is -0.152. The summed E-state index contributed by atoms with van der Waals surface area (Å²) in [5.74, 6) is 0. The first-order valence-corrected chi connectivity index (χ1v) is 19.2. The Morgan fingerprint density at radius 1 is 0.444 bits per heavy atom. The van der Waals surface area contributed by atoms with Gasteiger partial charge in [-0.15, -0.1) is 0 Å². The molecule has 8 aromatic carbocycles. The van der Waals surface area contributed by atoms with Crippen molar-refractivity contribution >= 4 is 60.5 Å². The third kappa shape index (κ3) is 4.23. The number of nitrogens with zero attached hydrogens (tertiary/aromatic N) is 1. The molecule has 0 saturated carbocycles. The van der Waals surface area contributed by atoms with E-state index in [9.17, 15) is 0 Å². The monoisotopic (exact) mass is 695 g/mol. The molecule has 11 rings (SSSR count). The molecule has 54 heavy (non-hydrogen) atoms. The lowest BCUT2D eigenvalue weighted by molar-refractivity contribution is 0.653. The van der Waals surface area contributed by atoms with Crippen LogP contribution in [0.25, 0.3) is 65.7 Å². The molecule has 1 heterocycles. The maximum Gasteiger partial charge on any atom is 0.159 e. The normalized spacial score (nSPS) is 14.8. The third-order valence-corrected chi connectivity index (χ3v) is 12.8. The Hall–Kier alpha value is -6.12. The molecule has 9 aromatic rings. The fourth-order valence-electron chi connectivity index (χ4n) is 9.79. The number of hydrogen-bond donors (Lipinski definition) is 0. The van der Waals surface area contributed by atoms with Gasteiger partial charge in [0.1, 0.15) is 5.58 Å². The van der Waals surface area contributed by atoms with Crippen LogP contribution in [0.3, 0.4) is 0 Å². The van der Waals surface area contributed by atoms with Crippen molar-refractivity contribution in [2.24, 2.45) is 0 Å². The summed E-state index contributed by atoms with van der Waals surface area (Å²) < 4.78 is 6.64. The molecule has 260 valence electrons. The Bertz CT molecular complexity index is 3080. The lowest BCUT2D eigenvalue weighted by atomic mass is 9.79. The van der Waals surface area contributed by atoms with Gasteiger partial charge in [-0.2, -0.15) is 0 Å². The molecular weight excluding hydrogens is 655 g/mol. The van der Waals surface area contributed by atoms with Crippen LogP contribution < -0.4 is 4.90 Å². The molecule has 0 saturated heterocycles. The van der Waals surface area contributed by atoms with E-state index in [2.05, 4.69) is 180 Å². The van der Waals surface area contributed by atoms with E-state index >= 15 is 0 Å². The van der Waals surface area contributed by atoms with Gasteiger partial charge in [0.05, 0.1) is 5.69 Å². The minimum absolute atomic E-state index is 0.0809. The van der Waals surface area contributed by atoms with Crippen molar-refractivity contribution in [1.29, 1.82) is 0 Å². The molecule has 2 nitrogen and oxygen atoms in total. The Morgan fingerprint density at radius 3 is 1.74 bits per heavy atom. The Morgan fingerprint density at radius 2 is 1.02 bits per heavy atom. The molecule has 0 atom stereocenters. The Labute approximate surface area is 316 Å². The molecule has 0 N–H and O–H groups in total. The summed E-state index contributed by atoms with van der Waals surface area (Å²) in [6.07, 6.45) is 0. The number of rotatable bonds is 3. The molecule has 2 aliphatic rings. The standard InChI is InChI=1S/C52H41NO/c1-30-18-19-31(2)48(22-30)53(47-16-11-15-38-37-14-9-10-17-49(37)54-50(38)47)36-21-20-34-25-40-42-29-45-41(28-46(42)52(5,6)44(40)27-35(34)23-36)39-24-32-12-7-8-13-33(32)26-43(39)51(45,3)4/h7-29H,1-6H3. The second-order valence-electron chi connectivity index (χ2n) is 16.7. The first kappa shape index (κ1) is 31.4. The van der Waals surface area contributed by atoms with Crippen LogP contribution >= 0.6 is 0 Å². The van der Waals surface area contributed by atoms with E-state index in [1.165, 1.54) is 77.2 Å². The van der Waals surface area contributed by atoms with Gasteiger partial charge in [0.15, 0.2) is 5.58 Å². The van der Waals surface area contributed by atoms with Gasteiger partial charge in [0, 0.05) is 33.0 Å². The second kappa shape index (κ2) is 10.7. The van der Waals surface area contributed by atoms with Gasteiger partial charge >= 0.3 is 0 Å². The molecule has 0 unspecified atom stereocenters. The van der Waals surface area contributed by atoms with E-state index in [1.807, 2.05) is 6.07 Å². The number of fused-ring (bicyclic) bond motifs is 11. The SMILES string of the molecule is Cc1ccc(C)c(N(c2ccc3cc4c(cc3c2)C(C)(C)c2cc3c(cc2-4)C(C)(C)c2cc4ccccc4cc2-3)c2cccc3c2oc2ccccc23)c1. The summed E-state index contributed by atoms with van der Waals surface area (Å²) in [6.45, 7) is 14.0. The maximum atomic E-state index is 6.64. The van der Waals surface area contributed by atoms with Crippen LogP contribution in [0.4, 0.5) is 17.1 Å². The van der Waals surface area contributed by atoms with Crippen LogP contribution in [0.15, 0.2) is 144 Å². The highest BCUT2D eigenvalue weighted by Gasteiger charge is 2.42. The molecule has 0 amide bonds. The van der Waals surface area contributed by atoms with Crippen molar-refractivity contribution in [2.75, 3.05) is 4.90 Å². The number of furan rings is 1. The van der Waals surface area contributed by atoms with Gasteiger partial charge in [-0.1, -0.05) is 100 Å². The Kier molecular flexibility index (Phi) is 6.24. The van der Waals surface area contributed by atoms with E-state index in [0.29, 0.717) is 0 Å². The second-order valence-corrected chi connectivity index (χ2v) is 16.7. The summed E-state index contributed by atoms with van der Waals surface area (Å²) in [4.78, 5) is 2.40. The van der Waals surface area contributed by atoms with Gasteiger partial charge in [-0.05, 0) is 158 Å². The van der Waals surface area contributed by atoms with Crippen molar-refractivity contribution in [2.45, 2.75) is 52.4 Å². The fourth-order valence-corrected chi connectivity index (χ4v) is 9.79. The molecule has 0 aliphatic heterocycles. The van der Waals surface area contributed by atoms with E-state index in [-0.39, 0.29) is 10.8 Å². The van der Waals surface area contributed by atoms with Gasteiger partial charge in [0.2, 0.25) is 0 Å². The minimum Gasteiger partial charge on any atom is -0.454 e. The average Bonchev–Trinajstić information content (AvgIpc) is 3.74. The highest BCUT2D eigenvalue weighted by Crippen LogP contribution is 2.57. The highest BCUT2D eigenvalue weighted by atomic mass is 16.3. The summed E-state index contributed by atoms with van der Waals surface area (Å²) in [5, 5.41) is 7.37. The van der Waals surface area contributed by atoms with Crippen molar-refractivity contribution in [1.82, 2.24) is 0 Å². The van der Waals surface area contributed by atoms with E-state index < -0.39 is 0 Å². The fraction of sp³-hybridized carbons (Fsp3) is 0.154. The zero-order valence-electron chi connectivity index (χ0n) is 31.6. The number of anilines is 3. The quantitative estimate of drug-likeness (QED) is 0.183. The smallest absolute Gasteiger partial charge is 0.159 e. The molecule has 0 spiro atoms. The predicted octanol–water partition coefficient (Wildman–Crippen LogP) is 14.6. The van der Waals surface area contributed by atoms with Crippen LogP contribution in [-0.4, -0.2) is 0 Å². The number of benzene rings is 8. The predicted molar refractivity (Wildman–Crippen MR) is 228 cm³/mol. The van der Waals surface area contributed by atoms with E-state index in [4.69, 9.17) is 4.42 Å². The molecular formula is C52H41NO. The lowest BCUT2D eigenvalue weighted by Crippen LogP contribution is -2.17. The first-order chi connectivity index (χ1) is 26.1. The van der Waals surface area contributed by atoms with Crippen molar-refractivity contribution < 1.29 is 4.42 Å². The van der Waals surface area contributed by atoms with Crippen LogP contribution in [0, 0.1) is 13.8 Å². The molecule has 0 bridgehead atoms. The maximum absolute atomic E-state index is 6.64. The van der Waals surface area contributed by atoms with Gasteiger partial charge in [-0.25, -0.2) is 0 Å². The van der Waals surface area contributed by atoms with Gasteiger partial charge in [-0.3, -0.25) is 0 Å². The van der Waals surface area contributed by atoms with Gasteiger partial charge < -0.3 is 9.32 Å². The molecule has 0 fully saturated rings. The summed E-state index contributed by atoms with van der Waals surface area (Å²) in [6, 6.07) is 52.2. The molecule has 0 radical (unpaired) electrons. The molecule has 2 heteroatoms. The first-order valence-electron chi connectivity index (χ1n) is 19.2. The van der Waals surface area contributed by atoms with Crippen LogP contribution in [0.5, 0.6) is 0 Å². The van der Waals surface area contributed by atoms with Crippen LogP contribution in [0.1, 0.15) is 61.1 Å². The van der Waals surface area contributed by atoms with Crippen molar-refractivity contribution in [3.8, 4) is 22.3 Å². The zero-order valence-corrected chi connectivity index (χ0v) is 31.6. The van der Waals surface area contributed by atoms with Crippen molar-refractivity contribution in [3.05, 3.63) is 173 Å². The van der Waals surface area contributed by atoms with Crippen molar-refractivity contribution in [3.63, 3.8) is 0 Å². The lowest BCUT2D eigenvalue weighted by Gasteiger charge is -2.28. The van der Waals surface area contributed by atoms with Crippen LogP contribution in [-0.2, 0) is 10.8 Å². The van der Waals surface area contributed by atoms with E-state index in [0.717, 1.165) is 39.0 Å².